The van der Waals surface area contributed by atoms with E-state index in [0.717, 1.165) is 13.5 Å². The van der Waals surface area contributed by atoms with Gasteiger partial charge in [0.2, 0.25) is 0 Å². The molecule has 5 heterocycles. The first-order chi connectivity index (χ1) is 44.7. The second-order valence-corrected chi connectivity index (χ2v) is 32.4. The van der Waals surface area contributed by atoms with Crippen LogP contribution in [0.1, 0.15) is 107 Å². The predicted molar refractivity (Wildman–Crippen MR) is 322 cm³/mol. The minimum Gasteiger partial charge on any atom is -0.388 e. The van der Waals surface area contributed by atoms with Crippen LogP contribution < -0.4 is 0 Å². The van der Waals surface area contributed by atoms with Gasteiger partial charge in [0, 0.05) is 13.0 Å². The monoisotopic (exact) mass is 1460 g/mol. The molecule has 560 valence electrons. The maximum absolute atomic E-state index is 13.7. The lowest BCUT2D eigenvalue weighted by atomic mass is 9.40. The van der Waals surface area contributed by atoms with Gasteiger partial charge in [-0.2, -0.15) is 25.3 Å². The molecule has 97 heavy (non-hydrogen) atoms. The van der Waals surface area contributed by atoms with Gasteiger partial charge in [-0.25, -0.2) is 12.5 Å². The van der Waals surface area contributed by atoms with Crippen molar-refractivity contribution in [3.8, 4) is 0 Å². The van der Waals surface area contributed by atoms with E-state index in [2.05, 4.69) is 35.2 Å². The summed E-state index contributed by atoms with van der Waals surface area (Å²) < 4.78 is 179. The van der Waals surface area contributed by atoms with E-state index in [1.54, 1.807) is 6.92 Å². The molecule has 0 aromatic carbocycles. The summed E-state index contributed by atoms with van der Waals surface area (Å²) in [6.07, 6.45) is -37.3. The molecule has 35 nitrogen and oxygen atoms in total. The van der Waals surface area contributed by atoms with E-state index < -0.39 is 244 Å². The lowest BCUT2D eigenvalue weighted by Gasteiger charge is -2.65. The molecule has 0 radical (unpaired) electrons. The first-order valence-corrected chi connectivity index (χ1v) is 36.2. The molecule has 0 amide bonds. The van der Waals surface area contributed by atoms with E-state index in [0.29, 0.717) is 38.5 Å². The molecule has 0 aromatic heterocycles. The van der Waals surface area contributed by atoms with E-state index >= 15 is 0 Å². The van der Waals surface area contributed by atoms with Crippen molar-refractivity contribution < 1.29 is 165 Å². The fraction of sp³-hybridized carbons (Fsp3) is 0.915. The number of methoxy groups -OCH3 is 1. The predicted octanol–water partition coefficient (Wildman–Crippen LogP) is -2.84. The zero-order valence-corrected chi connectivity index (χ0v) is 57.6. The first-order valence-electron chi connectivity index (χ1n) is 32.1. The Hall–Kier alpha value is -2.12. The fourth-order valence-corrected chi connectivity index (χ4v) is 18.0. The summed E-state index contributed by atoms with van der Waals surface area (Å²) in [5.74, 6) is -0.903. The Bertz CT molecular complexity index is 3170. The molecule has 14 N–H and O–H groups in total. The molecule has 5 aliphatic heterocycles. The summed E-state index contributed by atoms with van der Waals surface area (Å²) in [4.78, 5) is 13.7. The lowest BCUT2D eigenvalue weighted by molar-refractivity contribution is -0.403. The van der Waals surface area contributed by atoms with Crippen molar-refractivity contribution in [1.29, 1.82) is 0 Å². The Morgan fingerprint density at radius 3 is 1.72 bits per heavy atom. The molecular weight excluding hydrogens is 1360 g/mol. The summed E-state index contributed by atoms with van der Waals surface area (Å²) in [5.41, 5.74) is -3.70. The molecule has 9 rings (SSSR count). The van der Waals surface area contributed by atoms with Crippen LogP contribution in [0.5, 0.6) is 0 Å². The van der Waals surface area contributed by atoms with Crippen molar-refractivity contribution in [2.75, 3.05) is 33.5 Å². The quantitative estimate of drug-likeness (QED) is 0.0278. The standard InChI is InChI=1S/C59H96O35S3/c1-25-44(90-51-43(69)46(38(64)30(88-51)24-85-96(75,76)77)91-50-42(68)45(81-10)37(63)29(87-50)23-84-95(72,73)74)41(67)48(92-49-40(66)36(62)28(60)21-82-49)53(86-25)93-47-39(65)31(94-97(78,79)80)22-83-52(47)89-35-16-18-56(6)26-13-19-58(8)33(59(9,71)34(61)15-17-54(2,3)70)14-20-57(58,7)27(26)11-12-32(56)55(35,4)5/h11,15,17,25-26,28-33,35-53,60,62-71H,12-14,16,18-24H2,1-10H3,(H,72,73,74)(H,75,76,77)(H,78,79,80). The highest BCUT2D eigenvalue weighted by Gasteiger charge is 2.68. The lowest BCUT2D eigenvalue weighted by Crippen LogP contribution is -2.68. The molecule has 9 aliphatic rings. The van der Waals surface area contributed by atoms with Crippen molar-refractivity contribution >= 4 is 37.0 Å². The second kappa shape index (κ2) is 29.1. The Labute approximate surface area is 561 Å². The summed E-state index contributed by atoms with van der Waals surface area (Å²) in [7, 11) is -14.8. The van der Waals surface area contributed by atoms with Gasteiger partial charge in [-0.3, -0.25) is 18.5 Å². The topological polar surface area (TPSA) is 532 Å². The van der Waals surface area contributed by atoms with Gasteiger partial charge in [-0.15, -0.1) is 0 Å². The molecule has 3 saturated carbocycles. The van der Waals surface area contributed by atoms with Crippen LogP contribution in [-0.2, 0) is 101 Å². The largest absolute Gasteiger partial charge is 0.397 e. The number of hydrogen-bond acceptors (Lipinski definition) is 32. The zero-order valence-electron chi connectivity index (χ0n) is 55.2. The van der Waals surface area contributed by atoms with Crippen molar-refractivity contribution in [3.63, 3.8) is 0 Å². The number of carbonyl (C=O) groups excluding carboxylic acids is 1. The number of ketones is 1. The molecule has 5 saturated heterocycles. The Morgan fingerprint density at radius 2 is 1.14 bits per heavy atom. The molecular formula is C59H96O35S3. The third-order valence-corrected chi connectivity index (χ3v) is 23.6. The SMILES string of the molecule is COC1C(O)C(COS(=O)(=O)O)OC(OC2C(O)C(COS(=O)(=O)O)OC(OC3C(C)OC(OC4C(OC5CCC6(C)C7CCC8(C)C(C(C)(O)C(=O)C=CC(C)(C)O)CCC8(C)C7=CCC6C5(C)C)OCC(OS(=O)(=O)O)C4O)C(OC4OCC(O)C(O)C4O)C3O)C2O)C1O. The van der Waals surface area contributed by atoms with Crippen LogP contribution >= 0.6 is 0 Å². The van der Waals surface area contributed by atoms with E-state index in [1.165, 1.54) is 38.5 Å². The van der Waals surface area contributed by atoms with Crippen LogP contribution in [0.4, 0.5) is 0 Å². The number of ether oxygens (including phenoxy) is 11. The van der Waals surface area contributed by atoms with Crippen LogP contribution in [0.3, 0.4) is 0 Å². The van der Waals surface area contributed by atoms with Gasteiger partial charge in [0.15, 0.2) is 37.2 Å². The highest BCUT2D eigenvalue weighted by molar-refractivity contribution is 7.81. The molecule has 8 fully saturated rings. The average molecular weight is 1460 g/mol. The summed E-state index contributed by atoms with van der Waals surface area (Å²) in [6, 6.07) is 0. The first kappa shape index (κ1) is 79.0. The van der Waals surface area contributed by atoms with E-state index in [-0.39, 0.29) is 17.3 Å². The molecule has 0 spiro atoms. The van der Waals surface area contributed by atoms with Gasteiger partial charge < -0.3 is 108 Å². The second-order valence-electron chi connectivity index (χ2n) is 29.2. The van der Waals surface area contributed by atoms with Crippen LogP contribution in [0, 0.1) is 39.4 Å². The summed E-state index contributed by atoms with van der Waals surface area (Å²) >= 11 is 0. The van der Waals surface area contributed by atoms with E-state index in [9.17, 15) is 99.9 Å². The van der Waals surface area contributed by atoms with Crippen molar-refractivity contribution in [1.82, 2.24) is 0 Å². The molecule has 0 bridgehead atoms. The Kier molecular flexibility index (Phi) is 23.7. The van der Waals surface area contributed by atoms with Crippen molar-refractivity contribution in [2.45, 2.75) is 266 Å². The van der Waals surface area contributed by atoms with Crippen molar-refractivity contribution in [3.05, 3.63) is 23.8 Å². The fourth-order valence-electron chi connectivity index (χ4n) is 16.9. The summed E-state index contributed by atoms with van der Waals surface area (Å²) in [5, 5.41) is 125. The maximum atomic E-state index is 13.7. The molecule has 4 aliphatic carbocycles. The Morgan fingerprint density at radius 1 is 0.598 bits per heavy atom. The number of fused-ring (bicyclic) bond motifs is 5. The Balaban J connectivity index is 0.988. The highest BCUT2D eigenvalue weighted by Crippen LogP contribution is 2.74. The molecule has 38 heteroatoms. The van der Waals surface area contributed by atoms with Gasteiger partial charge >= 0.3 is 31.2 Å². The molecule has 0 aromatic rings. The number of aliphatic hydroxyl groups excluding tert-OH is 9. The van der Waals surface area contributed by atoms with Gasteiger partial charge in [-0.05, 0) is 112 Å². The smallest absolute Gasteiger partial charge is 0.388 e. The normalized spacial score (nSPS) is 46.7. The van der Waals surface area contributed by atoms with Gasteiger partial charge in [0.25, 0.3) is 0 Å². The van der Waals surface area contributed by atoms with Gasteiger partial charge in [0.1, 0.15) is 109 Å². The van der Waals surface area contributed by atoms with Crippen molar-refractivity contribution in [2.24, 2.45) is 39.4 Å². The number of carbonyl (C=O) groups is 1. The number of rotatable bonds is 23. The van der Waals surface area contributed by atoms with Crippen LogP contribution in [0.25, 0.3) is 0 Å². The number of aliphatic hydroxyl groups is 11. The average Bonchev–Trinajstić information content (AvgIpc) is 1.67. The van der Waals surface area contributed by atoms with Crippen LogP contribution in [0.2, 0.25) is 0 Å². The summed E-state index contributed by atoms with van der Waals surface area (Å²) in [6.45, 7) is 12.8. The third kappa shape index (κ3) is 16.2. The van der Waals surface area contributed by atoms with Gasteiger partial charge in [0.05, 0.1) is 44.2 Å². The van der Waals surface area contributed by atoms with Gasteiger partial charge in [-0.1, -0.05) is 52.3 Å². The molecule has 31 unspecified atom stereocenters. The number of allylic oxidation sites excluding steroid dienone is 2. The minimum atomic E-state index is -5.34. The maximum Gasteiger partial charge on any atom is 0.397 e. The zero-order chi connectivity index (χ0) is 72.0. The van der Waals surface area contributed by atoms with Crippen LogP contribution in [0.15, 0.2) is 23.8 Å². The third-order valence-electron chi connectivity index (χ3n) is 22.2. The minimum absolute atomic E-state index is 0.0673. The van der Waals surface area contributed by atoms with E-state index in [1.807, 2.05) is 13.8 Å². The number of hydrogen-bond donors (Lipinski definition) is 14. The van der Waals surface area contributed by atoms with E-state index in [4.69, 9.17) is 56.3 Å². The highest BCUT2D eigenvalue weighted by atomic mass is 32.3. The van der Waals surface area contributed by atoms with Crippen LogP contribution in [-0.4, -0.2) is 293 Å². The molecule has 31 atom stereocenters.